The molecule has 1 aromatic carbocycles. The van der Waals surface area contributed by atoms with E-state index in [0.29, 0.717) is 6.07 Å². The first-order valence-corrected chi connectivity index (χ1v) is 4.92. The van der Waals surface area contributed by atoms with E-state index in [1.54, 1.807) is 0 Å². The summed E-state index contributed by atoms with van der Waals surface area (Å²) in [5, 5.41) is 21.6. The van der Waals surface area contributed by atoms with E-state index in [4.69, 9.17) is 9.84 Å². The first kappa shape index (κ1) is 13.8. The first-order valence-electron chi connectivity index (χ1n) is 4.92. The van der Waals surface area contributed by atoms with Crippen molar-refractivity contribution in [2.45, 2.75) is 6.04 Å². The third-order valence-electron chi connectivity index (χ3n) is 2.18. The number of likely N-dealkylation sites (N-methyl/N-ethyl adjacent to an activating group) is 1. The highest BCUT2D eigenvalue weighted by Gasteiger charge is 2.17. The monoisotopic (exact) mass is 258 g/mol. The number of hydrogen-bond acceptors (Lipinski definition) is 5. The third-order valence-corrected chi connectivity index (χ3v) is 2.18. The molecule has 8 heteroatoms. The lowest BCUT2D eigenvalue weighted by atomic mass is 10.3. The highest BCUT2D eigenvalue weighted by molar-refractivity contribution is 5.73. The Kier molecular flexibility index (Phi) is 4.55. The molecule has 0 saturated heterocycles. The zero-order valence-corrected chi connectivity index (χ0v) is 9.42. The molecule has 98 valence electrons. The van der Waals surface area contributed by atoms with Crippen LogP contribution in [0.15, 0.2) is 18.2 Å². The van der Waals surface area contributed by atoms with E-state index in [9.17, 15) is 19.3 Å². The van der Waals surface area contributed by atoms with E-state index in [-0.39, 0.29) is 12.4 Å². The summed E-state index contributed by atoms with van der Waals surface area (Å²) in [7, 11) is 1.42. The largest absolute Gasteiger partial charge is 0.488 e. The summed E-state index contributed by atoms with van der Waals surface area (Å²) in [5.41, 5.74) is -0.400. The minimum absolute atomic E-state index is 0.234. The fourth-order valence-corrected chi connectivity index (χ4v) is 1.17. The number of carbonyl (C=O) groups is 1. The quantitative estimate of drug-likeness (QED) is 0.577. The van der Waals surface area contributed by atoms with Crippen molar-refractivity contribution in [1.29, 1.82) is 0 Å². The molecule has 0 amide bonds. The molecule has 1 atom stereocenters. The summed E-state index contributed by atoms with van der Waals surface area (Å²) in [4.78, 5) is 20.3. The van der Waals surface area contributed by atoms with Crippen LogP contribution in [0.1, 0.15) is 0 Å². The fraction of sp³-hybridized carbons (Fsp3) is 0.300. The Morgan fingerprint density at radius 2 is 2.33 bits per heavy atom. The van der Waals surface area contributed by atoms with Gasteiger partial charge in [0.05, 0.1) is 11.0 Å². The topological polar surface area (TPSA) is 102 Å². The summed E-state index contributed by atoms with van der Waals surface area (Å²) < 4.78 is 18.3. The van der Waals surface area contributed by atoms with Gasteiger partial charge in [0.1, 0.15) is 12.6 Å². The van der Waals surface area contributed by atoms with E-state index in [0.717, 1.165) is 12.1 Å². The van der Waals surface area contributed by atoms with Crippen LogP contribution in [-0.4, -0.2) is 35.7 Å². The van der Waals surface area contributed by atoms with Crippen LogP contribution in [0, 0.1) is 15.9 Å². The number of non-ortho nitro benzene ring substituents is 1. The van der Waals surface area contributed by atoms with Gasteiger partial charge in [0.25, 0.3) is 5.69 Å². The molecule has 0 bridgehead atoms. The second kappa shape index (κ2) is 5.92. The number of nitrogens with zero attached hydrogens (tertiary/aromatic N) is 1. The van der Waals surface area contributed by atoms with Gasteiger partial charge >= 0.3 is 5.97 Å². The van der Waals surface area contributed by atoms with E-state index in [2.05, 4.69) is 5.32 Å². The maximum atomic E-state index is 13.4. The van der Waals surface area contributed by atoms with Crippen molar-refractivity contribution in [1.82, 2.24) is 5.32 Å². The molecule has 0 aliphatic heterocycles. The lowest BCUT2D eigenvalue weighted by Gasteiger charge is -2.12. The molecule has 0 spiro atoms. The molecular weight excluding hydrogens is 247 g/mol. The van der Waals surface area contributed by atoms with Crippen LogP contribution in [0.25, 0.3) is 0 Å². The number of hydrogen-bond donors (Lipinski definition) is 2. The minimum atomic E-state index is -1.14. The van der Waals surface area contributed by atoms with Crippen LogP contribution in [0.5, 0.6) is 5.75 Å². The van der Waals surface area contributed by atoms with E-state index >= 15 is 0 Å². The van der Waals surface area contributed by atoms with Crippen LogP contribution >= 0.6 is 0 Å². The van der Waals surface area contributed by atoms with Crippen molar-refractivity contribution in [3.63, 3.8) is 0 Å². The van der Waals surface area contributed by atoms with Crippen LogP contribution < -0.4 is 10.1 Å². The molecule has 0 aliphatic carbocycles. The SMILES string of the molecule is CNC(COc1ccc([N+](=O)[O-])cc1F)C(=O)O. The molecule has 0 aromatic heterocycles. The Labute approximate surface area is 101 Å². The molecule has 0 saturated carbocycles. The van der Waals surface area contributed by atoms with Gasteiger partial charge in [0.15, 0.2) is 11.6 Å². The molecule has 0 fully saturated rings. The number of benzene rings is 1. The van der Waals surface area contributed by atoms with Gasteiger partial charge in [-0.1, -0.05) is 0 Å². The summed E-state index contributed by atoms with van der Waals surface area (Å²) in [5.74, 6) is -2.29. The minimum Gasteiger partial charge on any atom is -0.488 e. The number of nitro benzene ring substituents is 1. The van der Waals surface area contributed by atoms with E-state index in [1.165, 1.54) is 7.05 Å². The average molecular weight is 258 g/mol. The average Bonchev–Trinajstić information content (AvgIpc) is 2.30. The van der Waals surface area contributed by atoms with Crippen LogP contribution in [0.4, 0.5) is 10.1 Å². The number of aliphatic carboxylic acids is 1. The van der Waals surface area contributed by atoms with Gasteiger partial charge in [-0.25, -0.2) is 4.39 Å². The zero-order chi connectivity index (χ0) is 13.7. The number of halogens is 1. The summed E-state index contributed by atoms with van der Waals surface area (Å²) in [6.07, 6.45) is 0. The highest BCUT2D eigenvalue weighted by Crippen LogP contribution is 2.22. The summed E-state index contributed by atoms with van der Waals surface area (Å²) in [6.45, 7) is -0.291. The maximum absolute atomic E-state index is 13.4. The smallest absolute Gasteiger partial charge is 0.324 e. The normalized spacial score (nSPS) is 11.9. The number of nitro groups is 1. The molecule has 2 N–H and O–H groups in total. The molecule has 1 unspecified atom stereocenters. The predicted molar refractivity (Wildman–Crippen MR) is 59.0 cm³/mol. The zero-order valence-electron chi connectivity index (χ0n) is 9.42. The standard InChI is InChI=1S/C10H11FN2O5/c1-12-8(10(14)15)5-18-9-3-2-6(13(16)17)4-7(9)11/h2-4,8,12H,5H2,1H3,(H,14,15). The van der Waals surface area contributed by atoms with Crippen molar-refractivity contribution in [2.75, 3.05) is 13.7 Å². The molecular formula is C10H11FN2O5. The number of ether oxygens (including phenoxy) is 1. The Morgan fingerprint density at radius 3 is 2.78 bits per heavy atom. The Hall–Kier alpha value is -2.22. The van der Waals surface area contributed by atoms with Crippen molar-refractivity contribution < 1.29 is 24.0 Å². The Morgan fingerprint density at radius 1 is 1.67 bits per heavy atom. The Balaban J connectivity index is 2.74. The number of nitrogens with one attached hydrogen (secondary N) is 1. The third kappa shape index (κ3) is 3.39. The fourth-order valence-electron chi connectivity index (χ4n) is 1.17. The van der Waals surface area contributed by atoms with Crippen LogP contribution in [-0.2, 0) is 4.79 Å². The van der Waals surface area contributed by atoms with Crippen molar-refractivity contribution in [3.8, 4) is 5.75 Å². The van der Waals surface area contributed by atoms with Gasteiger partial charge in [-0.3, -0.25) is 14.9 Å². The van der Waals surface area contributed by atoms with Gasteiger partial charge in [0, 0.05) is 6.07 Å². The van der Waals surface area contributed by atoms with Gasteiger partial charge in [0.2, 0.25) is 0 Å². The molecule has 0 heterocycles. The van der Waals surface area contributed by atoms with E-state index in [1.807, 2.05) is 0 Å². The molecule has 0 radical (unpaired) electrons. The van der Waals surface area contributed by atoms with Gasteiger partial charge in [-0.05, 0) is 13.1 Å². The van der Waals surface area contributed by atoms with Crippen molar-refractivity contribution in [2.24, 2.45) is 0 Å². The molecule has 18 heavy (non-hydrogen) atoms. The van der Waals surface area contributed by atoms with Gasteiger partial charge < -0.3 is 15.2 Å². The Bertz CT molecular complexity index is 466. The van der Waals surface area contributed by atoms with Gasteiger partial charge in [-0.15, -0.1) is 0 Å². The highest BCUT2D eigenvalue weighted by atomic mass is 19.1. The van der Waals surface area contributed by atoms with Crippen LogP contribution in [0.2, 0.25) is 0 Å². The summed E-state index contributed by atoms with van der Waals surface area (Å²) in [6, 6.07) is 1.89. The second-order valence-corrected chi connectivity index (χ2v) is 3.36. The molecule has 1 rings (SSSR count). The van der Waals surface area contributed by atoms with Crippen LogP contribution in [0.3, 0.4) is 0 Å². The molecule has 1 aromatic rings. The number of rotatable bonds is 6. The number of carboxylic acid groups (broad SMARTS) is 1. The lowest BCUT2D eigenvalue weighted by molar-refractivity contribution is -0.385. The predicted octanol–water partition coefficient (Wildman–Crippen LogP) is 0.785. The van der Waals surface area contributed by atoms with Crippen molar-refractivity contribution in [3.05, 3.63) is 34.1 Å². The number of carboxylic acids is 1. The second-order valence-electron chi connectivity index (χ2n) is 3.36. The molecule has 7 nitrogen and oxygen atoms in total. The molecule has 0 aliphatic rings. The summed E-state index contributed by atoms with van der Waals surface area (Å²) >= 11 is 0. The van der Waals surface area contributed by atoms with Gasteiger partial charge in [-0.2, -0.15) is 0 Å². The lowest BCUT2D eigenvalue weighted by Crippen LogP contribution is -2.39. The van der Waals surface area contributed by atoms with E-state index < -0.39 is 28.4 Å². The first-order chi connectivity index (χ1) is 8.45. The maximum Gasteiger partial charge on any atom is 0.324 e. The van der Waals surface area contributed by atoms with Crippen molar-refractivity contribution >= 4 is 11.7 Å².